The molecule has 32 heavy (non-hydrogen) atoms. The van der Waals surface area contributed by atoms with E-state index in [2.05, 4.69) is 31.8 Å². The minimum atomic E-state index is 0.118. The molecule has 0 aliphatic heterocycles. The number of halogens is 1. The number of hydrogen-bond donors (Lipinski definition) is 1. The minimum absolute atomic E-state index is 0.118. The predicted octanol–water partition coefficient (Wildman–Crippen LogP) is 3.76. The molecule has 0 unspecified atom stereocenters. The number of imidazole rings is 1. The van der Waals surface area contributed by atoms with Crippen molar-refractivity contribution in [1.82, 2.24) is 29.1 Å². The lowest BCUT2D eigenvalue weighted by molar-refractivity contribution is 0.406. The summed E-state index contributed by atoms with van der Waals surface area (Å²) < 4.78 is 9.54. The minimum Gasteiger partial charge on any atom is -0.496 e. The number of nitrogen functional groups attached to an aromatic ring is 1. The van der Waals surface area contributed by atoms with Gasteiger partial charge in [-0.15, -0.1) is 0 Å². The van der Waals surface area contributed by atoms with Crippen LogP contribution in [0.5, 0.6) is 5.75 Å². The summed E-state index contributed by atoms with van der Waals surface area (Å²) in [6.45, 7) is 5.32. The Morgan fingerprint density at radius 3 is 2.84 bits per heavy atom. The number of anilines is 1. The van der Waals surface area contributed by atoms with Crippen LogP contribution in [0.4, 0.5) is 5.95 Å². The monoisotopic (exact) mass is 449 g/mol. The molecule has 0 atom stereocenters. The van der Waals surface area contributed by atoms with Crippen molar-refractivity contribution in [3.8, 4) is 17.6 Å². The topological polar surface area (TPSA) is 96.7 Å². The van der Waals surface area contributed by atoms with Gasteiger partial charge in [0.25, 0.3) is 0 Å². The number of nitrogens with two attached hydrogens (primary N) is 1. The van der Waals surface area contributed by atoms with Gasteiger partial charge in [-0.3, -0.25) is 4.98 Å². The molecule has 4 aromatic heterocycles. The van der Waals surface area contributed by atoms with Crippen LogP contribution in [0.1, 0.15) is 35.2 Å². The smallest absolute Gasteiger partial charge is 0.223 e. The Balaban J connectivity index is 1.65. The number of nitrogens with zero attached hydrogens (tertiary/aromatic N) is 6. The van der Waals surface area contributed by atoms with Crippen molar-refractivity contribution in [3.05, 3.63) is 58.7 Å². The zero-order chi connectivity index (χ0) is 22.7. The third-order valence-corrected chi connectivity index (χ3v) is 5.53. The molecule has 0 saturated heterocycles. The van der Waals surface area contributed by atoms with E-state index >= 15 is 0 Å². The van der Waals surface area contributed by atoms with Crippen LogP contribution in [0.2, 0.25) is 5.15 Å². The van der Waals surface area contributed by atoms with E-state index in [1.807, 2.05) is 41.6 Å². The largest absolute Gasteiger partial charge is 0.496 e. The van der Waals surface area contributed by atoms with Gasteiger partial charge in [0.2, 0.25) is 5.95 Å². The van der Waals surface area contributed by atoms with Gasteiger partial charge in [-0.2, -0.15) is 4.98 Å². The molecule has 9 heteroatoms. The Bertz CT molecular complexity index is 1320. The van der Waals surface area contributed by atoms with E-state index in [-0.39, 0.29) is 5.95 Å². The van der Waals surface area contributed by atoms with Gasteiger partial charge in [0.1, 0.15) is 16.5 Å². The van der Waals surface area contributed by atoms with Crippen LogP contribution in [0.25, 0.3) is 11.0 Å². The first-order valence-electron chi connectivity index (χ1n) is 10.2. The molecule has 4 rings (SSSR count). The number of unbranched alkanes of at least 4 members (excludes halogenated alkanes) is 1. The fraction of sp³-hybridized carbons (Fsp3) is 0.304. The summed E-state index contributed by atoms with van der Waals surface area (Å²) in [7, 11) is 1.67. The van der Waals surface area contributed by atoms with Crippen molar-refractivity contribution in [3.63, 3.8) is 0 Å². The molecular formula is C23H24ClN7O. The van der Waals surface area contributed by atoms with Crippen molar-refractivity contribution in [1.29, 1.82) is 0 Å². The molecule has 0 aliphatic rings. The second-order valence-electron chi connectivity index (χ2n) is 7.49. The maximum Gasteiger partial charge on any atom is 0.223 e. The molecule has 0 saturated carbocycles. The summed E-state index contributed by atoms with van der Waals surface area (Å²) in [5.74, 6) is 7.42. The van der Waals surface area contributed by atoms with Gasteiger partial charge in [0.15, 0.2) is 0 Å². The zero-order valence-electron chi connectivity index (χ0n) is 18.3. The summed E-state index contributed by atoms with van der Waals surface area (Å²) in [4.78, 5) is 17.2. The van der Waals surface area contributed by atoms with Crippen molar-refractivity contribution in [2.45, 2.75) is 39.8 Å². The molecular weight excluding hydrogens is 426 g/mol. The molecule has 164 valence electrons. The second-order valence-corrected chi connectivity index (χ2v) is 7.85. The van der Waals surface area contributed by atoms with E-state index in [0.717, 1.165) is 47.5 Å². The first kappa shape index (κ1) is 21.7. The standard InChI is InChI=1S/C23H24ClN7O/c1-15-11-27-18(16(2)20(15)32-3)13-31-12-17(19-21(24)28-23(25)29-22(19)31)7-5-4-6-9-30-10-8-26-14-30/h8,10-12,14H,4,6,9,13H2,1-3H3,(H2,25,28,29). The summed E-state index contributed by atoms with van der Waals surface area (Å²) >= 11 is 6.43. The third-order valence-electron chi connectivity index (χ3n) is 5.26. The number of hydrogen-bond acceptors (Lipinski definition) is 6. The number of rotatable bonds is 6. The van der Waals surface area contributed by atoms with Gasteiger partial charge in [-0.05, 0) is 20.3 Å². The highest BCUT2D eigenvalue weighted by Gasteiger charge is 2.17. The van der Waals surface area contributed by atoms with Gasteiger partial charge in [-0.25, -0.2) is 9.97 Å². The molecule has 8 nitrogen and oxygen atoms in total. The molecule has 0 radical (unpaired) electrons. The van der Waals surface area contributed by atoms with Gasteiger partial charge in [-0.1, -0.05) is 23.4 Å². The molecule has 2 N–H and O–H groups in total. The van der Waals surface area contributed by atoms with Crippen molar-refractivity contribution < 1.29 is 4.74 Å². The van der Waals surface area contributed by atoms with Crippen LogP contribution in [-0.2, 0) is 13.1 Å². The first-order valence-corrected chi connectivity index (χ1v) is 10.6. The Hall–Kier alpha value is -3.57. The van der Waals surface area contributed by atoms with Crippen LogP contribution in [-0.4, -0.2) is 36.2 Å². The van der Waals surface area contributed by atoms with Gasteiger partial charge in [0.05, 0.1) is 36.6 Å². The maximum absolute atomic E-state index is 6.43. The highest BCUT2D eigenvalue weighted by Crippen LogP contribution is 2.29. The van der Waals surface area contributed by atoms with E-state index in [1.165, 1.54) is 0 Å². The van der Waals surface area contributed by atoms with Crippen LogP contribution in [0.3, 0.4) is 0 Å². The van der Waals surface area contributed by atoms with Gasteiger partial charge >= 0.3 is 0 Å². The molecule has 0 amide bonds. The zero-order valence-corrected chi connectivity index (χ0v) is 19.0. The number of pyridine rings is 1. The lowest BCUT2D eigenvalue weighted by Gasteiger charge is -2.13. The van der Waals surface area contributed by atoms with Crippen molar-refractivity contribution in [2.75, 3.05) is 12.8 Å². The number of aryl methyl sites for hydroxylation is 2. The first-order chi connectivity index (χ1) is 15.5. The van der Waals surface area contributed by atoms with Gasteiger partial charge in [0, 0.05) is 48.9 Å². The van der Waals surface area contributed by atoms with E-state index < -0.39 is 0 Å². The van der Waals surface area contributed by atoms with Crippen LogP contribution >= 0.6 is 11.6 Å². The summed E-state index contributed by atoms with van der Waals surface area (Å²) in [6.07, 6.45) is 10.9. The highest BCUT2D eigenvalue weighted by molar-refractivity contribution is 6.34. The summed E-state index contributed by atoms with van der Waals surface area (Å²) in [5.41, 5.74) is 10.1. The van der Waals surface area contributed by atoms with Crippen molar-refractivity contribution >= 4 is 28.6 Å². The third kappa shape index (κ3) is 4.39. The van der Waals surface area contributed by atoms with E-state index in [4.69, 9.17) is 22.1 Å². The molecule has 4 heterocycles. The number of aromatic nitrogens is 6. The van der Waals surface area contributed by atoms with E-state index in [0.29, 0.717) is 22.7 Å². The lowest BCUT2D eigenvalue weighted by atomic mass is 10.1. The Morgan fingerprint density at radius 1 is 1.25 bits per heavy atom. The van der Waals surface area contributed by atoms with Crippen LogP contribution < -0.4 is 10.5 Å². The quantitative estimate of drug-likeness (QED) is 0.273. The van der Waals surface area contributed by atoms with E-state index in [1.54, 1.807) is 19.6 Å². The Morgan fingerprint density at radius 2 is 2.09 bits per heavy atom. The molecule has 4 aromatic rings. The van der Waals surface area contributed by atoms with Crippen molar-refractivity contribution in [2.24, 2.45) is 0 Å². The average Bonchev–Trinajstić information content (AvgIpc) is 3.39. The van der Waals surface area contributed by atoms with Gasteiger partial charge < -0.3 is 19.6 Å². The maximum atomic E-state index is 6.43. The number of ether oxygens (including phenoxy) is 1. The summed E-state index contributed by atoms with van der Waals surface area (Å²) in [5, 5.41) is 0.986. The van der Waals surface area contributed by atoms with E-state index in [9.17, 15) is 0 Å². The lowest BCUT2D eigenvalue weighted by Crippen LogP contribution is -2.07. The Kier molecular flexibility index (Phi) is 6.28. The molecule has 0 aliphatic carbocycles. The number of methoxy groups -OCH3 is 1. The molecule has 0 fully saturated rings. The summed E-state index contributed by atoms with van der Waals surface area (Å²) in [6, 6.07) is 0. The molecule has 0 bridgehead atoms. The Labute approximate surface area is 191 Å². The molecule has 0 aromatic carbocycles. The SMILES string of the molecule is COc1c(C)cnc(Cn2cc(C#CCCCn3ccnc3)c3c(Cl)nc(N)nc32)c1C. The second kappa shape index (κ2) is 9.28. The number of fused-ring (bicyclic) bond motifs is 1. The highest BCUT2D eigenvalue weighted by atomic mass is 35.5. The predicted molar refractivity (Wildman–Crippen MR) is 125 cm³/mol. The van der Waals surface area contributed by atoms with Crippen LogP contribution in [0, 0.1) is 25.7 Å². The van der Waals surface area contributed by atoms with Crippen LogP contribution in [0.15, 0.2) is 31.1 Å². The molecule has 0 spiro atoms. The average molecular weight is 450 g/mol. The fourth-order valence-electron chi connectivity index (χ4n) is 3.69. The fourth-order valence-corrected chi connectivity index (χ4v) is 3.97. The normalized spacial score (nSPS) is 10.9.